The minimum absolute atomic E-state index is 0.634. The van der Waals surface area contributed by atoms with E-state index in [-0.39, 0.29) is 0 Å². The summed E-state index contributed by atoms with van der Waals surface area (Å²) in [4.78, 5) is 5.50. The Labute approximate surface area is 369 Å². The molecule has 0 spiro atoms. The molecule has 0 radical (unpaired) electrons. The van der Waals surface area contributed by atoms with Gasteiger partial charge in [-0.2, -0.15) is 0 Å². The summed E-state index contributed by atoms with van der Waals surface area (Å²) in [7, 11) is 0. The van der Waals surface area contributed by atoms with Crippen LogP contribution in [0.1, 0.15) is 329 Å². The van der Waals surface area contributed by atoms with Gasteiger partial charge in [0, 0.05) is 25.5 Å². The standard InChI is InChI=1S/C56H112N2/c1-4-7-10-13-16-19-22-25-28-29-32-35-38-41-44-47-50-53-58-55-54-57(52-49-46-43-40-37-34-31-27-24-21-18-15-12-9-6-3)56(58)51-48-45-42-39-36-33-30-26-23-20-17-14-11-8-5-2/h54-56H,4-53H2,1-3H3. The molecule has 0 bridgehead atoms. The summed E-state index contributed by atoms with van der Waals surface area (Å²) in [6.07, 6.45) is 75.3. The molecule has 0 aliphatic carbocycles. The molecule has 1 unspecified atom stereocenters. The smallest absolute Gasteiger partial charge is 0.101 e. The van der Waals surface area contributed by atoms with E-state index in [0.29, 0.717) is 6.17 Å². The average Bonchev–Trinajstić information content (AvgIpc) is 3.62. The van der Waals surface area contributed by atoms with Gasteiger partial charge in [-0.05, 0) is 25.7 Å². The van der Waals surface area contributed by atoms with Gasteiger partial charge < -0.3 is 9.80 Å². The van der Waals surface area contributed by atoms with Gasteiger partial charge in [-0.15, -0.1) is 0 Å². The van der Waals surface area contributed by atoms with E-state index in [0.717, 1.165) is 0 Å². The summed E-state index contributed by atoms with van der Waals surface area (Å²) in [5, 5.41) is 0. The van der Waals surface area contributed by atoms with Crippen molar-refractivity contribution < 1.29 is 0 Å². The van der Waals surface area contributed by atoms with Crippen molar-refractivity contribution in [1.29, 1.82) is 0 Å². The van der Waals surface area contributed by atoms with E-state index < -0.39 is 0 Å². The van der Waals surface area contributed by atoms with Gasteiger partial charge in [-0.3, -0.25) is 0 Å². The topological polar surface area (TPSA) is 6.48 Å². The molecule has 0 aromatic rings. The predicted octanol–water partition coefficient (Wildman–Crippen LogP) is 20.2. The zero-order chi connectivity index (χ0) is 41.5. The largest absolute Gasteiger partial charge is 0.356 e. The molecule has 2 heteroatoms. The van der Waals surface area contributed by atoms with Gasteiger partial charge in [-0.1, -0.05) is 303 Å². The van der Waals surface area contributed by atoms with Crippen LogP contribution in [-0.2, 0) is 0 Å². The lowest BCUT2D eigenvalue weighted by Crippen LogP contribution is -2.39. The first-order valence-corrected chi connectivity index (χ1v) is 28.0. The third kappa shape index (κ3) is 38.3. The highest BCUT2D eigenvalue weighted by atomic mass is 15.4. The number of unbranched alkanes of at least 4 members (excludes halogenated alkanes) is 44. The second-order valence-corrected chi connectivity index (χ2v) is 19.6. The van der Waals surface area contributed by atoms with E-state index in [2.05, 4.69) is 43.0 Å². The van der Waals surface area contributed by atoms with Gasteiger partial charge in [0.15, 0.2) is 0 Å². The Morgan fingerprint density at radius 1 is 0.224 bits per heavy atom. The van der Waals surface area contributed by atoms with Crippen molar-refractivity contribution in [2.24, 2.45) is 0 Å². The summed E-state index contributed by atoms with van der Waals surface area (Å²) in [5.74, 6) is 0. The molecule has 0 fully saturated rings. The lowest BCUT2D eigenvalue weighted by Gasteiger charge is -2.33. The maximum atomic E-state index is 2.75. The van der Waals surface area contributed by atoms with Crippen molar-refractivity contribution in [2.75, 3.05) is 13.1 Å². The highest BCUT2D eigenvalue weighted by molar-refractivity contribution is 4.97. The van der Waals surface area contributed by atoms with Crippen LogP contribution in [0.25, 0.3) is 0 Å². The minimum Gasteiger partial charge on any atom is -0.356 e. The van der Waals surface area contributed by atoms with E-state index in [1.807, 2.05) is 0 Å². The Morgan fingerprint density at radius 2 is 0.397 bits per heavy atom. The molecule has 346 valence electrons. The number of rotatable bonds is 50. The van der Waals surface area contributed by atoms with Crippen LogP contribution in [0.3, 0.4) is 0 Å². The molecule has 0 aromatic heterocycles. The van der Waals surface area contributed by atoms with Gasteiger partial charge in [-0.25, -0.2) is 0 Å². The highest BCUT2D eigenvalue weighted by Crippen LogP contribution is 2.25. The van der Waals surface area contributed by atoms with Crippen LogP contribution in [0.5, 0.6) is 0 Å². The summed E-state index contributed by atoms with van der Waals surface area (Å²) in [5.41, 5.74) is 0. The maximum absolute atomic E-state index is 2.75. The predicted molar refractivity (Wildman–Crippen MR) is 265 cm³/mol. The van der Waals surface area contributed by atoms with Crippen molar-refractivity contribution in [1.82, 2.24) is 9.80 Å². The molecule has 1 heterocycles. The van der Waals surface area contributed by atoms with E-state index in [1.54, 1.807) is 0 Å². The van der Waals surface area contributed by atoms with E-state index in [1.165, 1.54) is 321 Å². The Hall–Kier alpha value is -0.660. The molecule has 1 atom stereocenters. The zero-order valence-electron chi connectivity index (χ0n) is 41.0. The van der Waals surface area contributed by atoms with Crippen LogP contribution in [0.2, 0.25) is 0 Å². The summed E-state index contributed by atoms with van der Waals surface area (Å²) < 4.78 is 0. The Bertz CT molecular complexity index is 777. The quantitative estimate of drug-likeness (QED) is 0.0565. The fourth-order valence-corrected chi connectivity index (χ4v) is 9.72. The fraction of sp³-hybridized carbons (Fsp3) is 0.964. The van der Waals surface area contributed by atoms with Crippen molar-refractivity contribution in [3.63, 3.8) is 0 Å². The third-order valence-electron chi connectivity index (χ3n) is 13.8. The highest BCUT2D eigenvalue weighted by Gasteiger charge is 2.25. The maximum Gasteiger partial charge on any atom is 0.101 e. The normalized spacial score (nSPS) is 14.2. The first kappa shape index (κ1) is 55.4. The SMILES string of the molecule is CCCCCCCCCCCCCCCCCCCN1C=CN(CCCCCCCCCCCCCCCCC)C1CCCCCCCCCCCCCCCCC. The molecular weight excluding hydrogens is 701 g/mol. The first-order valence-electron chi connectivity index (χ1n) is 28.0. The fourth-order valence-electron chi connectivity index (χ4n) is 9.72. The third-order valence-corrected chi connectivity index (χ3v) is 13.8. The summed E-state index contributed by atoms with van der Waals surface area (Å²) in [6.45, 7) is 9.50. The van der Waals surface area contributed by atoms with Crippen molar-refractivity contribution in [3.05, 3.63) is 12.4 Å². The van der Waals surface area contributed by atoms with Gasteiger partial charge in [0.25, 0.3) is 0 Å². The van der Waals surface area contributed by atoms with E-state index in [9.17, 15) is 0 Å². The summed E-state index contributed by atoms with van der Waals surface area (Å²) >= 11 is 0. The number of nitrogens with zero attached hydrogens (tertiary/aromatic N) is 2. The van der Waals surface area contributed by atoms with Crippen LogP contribution in [0.4, 0.5) is 0 Å². The Kier molecular flexibility index (Phi) is 45.2. The average molecular weight is 814 g/mol. The molecule has 58 heavy (non-hydrogen) atoms. The summed E-state index contributed by atoms with van der Waals surface area (Å²) in [6, 6.07) is 0. The molecule has 0 saturated heterocycles. The van der Waals surface area contributed by atoms with Crippen molar-refractivity contribution in [2.45, 2.75) is 335 Å². The first-order chi connectivity index (χ1) is 28.8. The minimum atomic E-state index is 0.634. The van der Waals surface area contributed by atoms with E-state index >= 15 is 0 Å². The Morgan fingerprint density at radius 3 is 0.603 bits per heavy atom. The van der Waals surface area contributed by atoms with Crippen LogP contribution >= 0.6 is 0 Å². The lowest BCUT2D eigenvalue weighted by molar-refractivity contribution is 0.135. The lowest BCUT2D eigenvalue weighted by atomic mass is 10.0. The zero-order valence-corrected chi connectivity index (χ0v) is 41.0. The molecule has 0 amide bonds. The van der Waals surface area contributed by atoms with Crippen LogP contribution < -0.4 is 0 Å². The second-order valence-electron chi connectivity index (χ2n) is 19.6. The molecule has 2 nitrogen and oxygen atoms in total. The second kappa shape index (κ2) is 47.4. The number of hydrogen-bond donors (Lipinski definition) is 0. The Balaban J connectivity index is 2.19. The van der Waals surface area contributed by atoms with Crippen molar-refractivity contribution >= 4 is 0 Å². The molecule has 0 N–H and O–H groups in total. The van der Waals surface area contributed by atoms with Gasteiger partial charge in [0.2, 0.25) is 0 Å². The molecular formula is C56H112N2. The molecule has 1 rings (SSSR count). The molecule has 1 aliphatic rings. The van der Waals surface area contributed by atoms with Crippen LogP contribution in [0, 0.1) is 0 Å². The van der Waals surface area contributed by atoms with Crippen LogP contribution in [0.15, 0.2) is 12.4 Å². The van der Waals surface area contributed by atoms with Crippen LogP contribution in [-0.4, -0.2) is 29.1 Å². The van der Waals surface area contributed by atoms with Gasteiger partial charge >= 0.3 is 0 Å². The molecule has 1 aliphatic heterocycles. The molecule has 0 saturated carbocycles. The molecule has 0 aromatic carbocycles. The van der Waals surface area contributed by atoms with Gasteiger partial charge in [0.05, 0.1) is 0 Å². The van der Waals surface area contributed by atoms with E-state index in [4.69, 9.17) is 0 Å². The monoisotopic (exact) mass is 813 g/mol. The van der Waals surface area contributed by atoms with Gasteiger partial charge in [0.1, 0.15) is 6.17 Å². The van der Waals surface area contributed by atoms with Crippen molar-refractivity contribution in [3.8, 4) is 0 Å². The number of hydrogen-bond acceptors (Lipinski definition) is 2.